The van der Waals surface area contributed by atoms with Crippen molar-refractivity contribution in [3.63, 3.8) is 0 Å². The Bertz CT molecular complexity index is 677. The normalized spacial score (nSPS) is 15.1. The summed E-state index contributed by atoms with van der Waals surface area (Å²) in [6, 6.07) is 5.61. The van der Waals surface area contributed by atoms with Crippen molar-refractivity contribution in [3.05, 3.63) is 36.6 Å². The molecule has 0 saturated heterocycles. The Kier molecular flexibility index (Phi) is 23.3. The van der Waals surface area contributed by atoms with E-state index in [4.69, 9.17) is 9.59 Å². The maximum absolute atomic E-state index is 11.0. The molecule has 10 nitrogen and oxygen atoms in total. The van der Waals surface area contributed by atoms with E-state index in [1.54, 1.807) is 9.80 Å². The number of carboxylic acids is 2. The minimum atomic E-state index is -1.17. The summed E-state index contributed by atoms with van der Waals surface area (Å²) in [7, 11) is 3.95. The van der Waals surface area contributed by atoms with Gasteiger partial charge in [0.1, 0.15) is 0 Å². The van der Waals surface area contributed by atoms with Crippen LogP contribution in [0, 0.1) is 7.05 Å². The summed E-state index contributed by atoms with van der Waals surface area (Å²) >= 11 is 0. The maximum atomic E-state index is 11.0. The molecule has 13 heteroatoms. The summed E-state index contributed by atoms with van der Waals surface area (Å²) in [6.07, 6.45) is 0.250. The van der Waals surface area contributed by atoms with E-state index in [0.29, 0.717) is 39.3 Å². The van der Waals surface area contributed by atoms with E-state index in [2.05, 4.69) is 12.0 Å². The first-order valence-corrected chi connectivity index (χ1v) is 8.18. The van der Waals surface area contributed by atoms with E-state index < -0.39 is 11.9 Å². The number of carbonyl (C=O) groups excluding carboxylic acids is 4. The van der Waals surface area contributed by atoms with Crippen LogP contribution in [0.15, 0.2) is 18.2 Å². The van der Waals surface area contributed by atoms with Gasteiger partial charge < -0.3 is 24.7 Å². The number of nitrogens with zero attached hydrogens (tertiary/aromatic N) is 4. The zero-order valence-electron chi connectivity index (χ0n) is 17.8. The third kappa shape index (κ3) is 16.0. The molecule has 0 spiro atoms. The zero-order chi connectivity index (χ0) is 20.2. The van der Waals surface area contributed by atoms with Crippen LogP contribution in [0.1, 0.15) is 11.4 Å². The van der Waals surface area contributed by atoms with Gasteiger partial charge in [-0.25, -0.2) is 0 Å². The van der Waals surface area contributed by atoms with Gasteiger partial charge in [-0.05, 0) is 18.7 Å². The van der Waals surface area contributed by atoms with Crippen molar-refractivity contribution in [1.82, 2.24) is 19.7 Å². The van der Waals surface area contributed by atoms with Crippen LogP contribution in [0.2, 0.25) is 0 Å². The number of hydrogen-bond acceptors (Lipinski definition) is 10. The summed E-state index contributed by atoms with van der Waals surface area (Å²) in [5.41, 5.74) is 1.59. The van der Waals surface area contributed by atoms with Gasteiger partial charge >= 0.3 is 94.8 Å². The van der Waals surface area contributed by atoms with E-state index in [0.717, 1.165) is 11.4 Å². The van der Waals surface area contributed by atoms with Gasteiger partial charge in [-0.1, -0.05) is 6.07 Å². The van der Waals surface area contributed by atoms with E-state index in [1.165, 1.54) is 0 Å². The van der Waals surface area contributed by atoms with Crippen molar-refractivity contribution in [1.29, 1.82) is 0 Å². The van der Waals surface area contributed by atoms with Crippen LogP contribution < -0.4 is 98.9 Å². The number of carboxylic acid groups (broad SMARTS) is 2. The van der Waals surface area contributed by atoms with Crippen molar-refractivity contribution < 1.29 is 118 Å². The van der Waals surface area contributed by atoms with Gasteiger partial charge in [0.05, 0.1) is 23.3 Å². The van der Waals surface area contributed by atoms with Gasteiger partial charge in [-0.2, -0.15) is 9.59 Å². The molecule has 2 rings (SSSR count). The third-order valence-corrected chi connectivity index (χ3v) is 3.81. The number of hydrogen-bond donors (Lipinski definition) is 0. The Labute approximate surface area is 242 Å². The van der Waals surface area contributed by atoms with Crippen molar-refractivity contribution in [3.8, 4) is 0 Å². The van der Waals surface area contributed by atoms with Gasteiger partial charge in [-0.15, -0.1) is 0 Å². The summed E-state index contributed by atoms with van der Waals surface area (Å²) in [5.74, 6) is -2.33. The fourth-order valence-electron chi connectivity index (χ4n) is 2.66. The minimum absolute atomic E-state index is 0. The smallest absolute Gasteiger partial charge is 0.549 e. The van der Waals surface area contributed by atoms with Crippen LogP contribution in [0.3, 0.4) is 0 Å². The maximum Gasteiger partial charge on any atom is 1.00 e. The number of aromatic nitrogens is 1. The van der Waals surface area contributed by atoms with E-state index >= 15 is 0 Å². The Balaban J connectivity index is -0.00000114. The molecule has 2 bridgehead atoms. The SMILES string of the molecule is O=C=O.[CH2-]N1CCN(CC(=O)[O-])CCN(CC(=O)[O-])Cc2cccc(n2)C1.[Na+].[Na+].[Na+]. The third-order valence-electron chi connectivity index (χ3n) is 3.81. The predicted octanol–water partition coefficient (Wildman–Crippen LogP) is -12.3. The topological polar surface area (TPSA) is 137 Å². The second-order valence-electron chi connectivity index (χ2n) is 5.99. The predicted molar refractivity (Wildman–Crippen MR) is 86.7 cm³/mol. The van der Waals surface area contributed by atoms with Crippen molar-refractivity contribution in [2.75, 3.05) is 39.3 Å². The van der Waals surface area contributed by atoms with Crippen LogP contribution in [0.4, 0.5) is 0 Å². The molecule has 0 atom stereocenters. The zero-order valence-corrected chi connectivity index (χ0v) is 23.8. The molecule has 0 unspecified atom stereocenters. The molecule has 1 aliphatic rings. The first kappa shape index (κ1) is 35.0. The molecular formula is C17H21N4Na3O6. The quantitative estimate of drug-likeness (QED) is 0.324. The van der Waals surface area contributed by atoms with Crippen LogP contribution in [-0.2, 0) is 32.3 Å². The Morgan fingerprint density at radius 1 is 0.900 bits per heavy atom. The molecular weight excluding hydrogens is 425 g/mol. The number of pyridine rings is 1. The molecule has 1 aromatic rings. The van der Waals surface area contributed by atoms with Gasteiger partial charge in [-0.3, -0.25) is 21.8 Å². The van der Waals surface area contributed by atoms with Crippen molar-refractivity contribution in [2.24, 2.45) is 0 Å². The fourth-order valence-corrected chi connectivity index (χ4v) is 2.66. The molecule has 0 N–H and O–H groups in total. The Morgan fingerprint density at radius 3 is 1.87 bits per heavy atom. The van der Waals surface area contributed by atoms with Crippen LogP contribution in [0.25, 0.3) is 0 Å². The summed E-state index contributed by atoms with van der Waals surface area (Å²) < 4.78 is 0. The van der Waals surface area contributed by atoms with Gasteiger partial charge in [0.25, 0.3) is 0 Å². The fraction of sp³-hybridized carbons (Fsp3) is 0.471. The molecule has 148 valence electrons. The average molecular weight is 446 g/mol. The molecule has 0 radical (unpaired) electrons. The number of carbonyl (C=O) groups is 2. The summed E-state index contributed by atoms with van der Waals surface area (Å²) in [5, 5.41) is 21.9. The molecule has 1 aromatic heterocycles. The first-order valence-electron chi connectivity index (χ1n) is 8.18. The minimum Gasteiger partial charge on any atom is -0.549 e. The molecule has 2 heterocycles. The molecule has 30 heavy (non-hydrogen) atoms. The van der Waals surface area contributed by atoms with E-state index in [9.17, 15) is 19.8 Å². The van der Waals surface area contributed by atoms with E-state index in [1.807, 2.05) is 23.1 Å². The molecule has 0 aromatic carbocycles. The average Bonchev–Trinajstić information content (AvgIpc) is 2.56. The van der Waals surface area contributed by atoms with Crippen molar-refractivity contribution in [2.45, 2.75) is 13.1 Å². The Hall–Kier alpha value is 0.350. The molecule has 0 fully saturated rings. The second kappa shape index (κ2) is 20.0. The number of rotatable bonds is 4. The molecule has 1 aliphatic heterocycles. The summed E-state index contributed by atoms with van der Waals surface area (Å²) in [6.45, 7) is 2.34. The van der Waals surface area contributed by atoms with Gasteiger partial charge in [0.2, 0.25) is 0 Å². The standard InChI is InChI=1S/C16H23N4O4.CO2.3Na/c1-18-5-6-19(11-15(21)22)7-8-20(12-16(23)24)10-14-4-2-3-13(9-18)17-14;2-1-3;;;/h2-4H,1,5-12H2,(H,21,22)(H,23,24);;;;/q-1;;3*+1/p-2. The largest absolute Gasteiger partial charge is 1.00 e. The molecule has 0 saturated carbocycles. The monoisotopic (exact) mass is 446 g/mol. The van der Waals surface area contributed by atoms with Crippen LogP contribution in [-0.4, -0.2) is 77.0 Å². The van der Waals surface area contributed by atoms with Gasteiger partial charge in [0.15, 0.2) is 0 Å². The number of aliphatic carboxylic acids is 2. The van der Waals surface area contributed by atoms with Crippen molar-refractivity contribution >= 4 is 18.1 Å². The van der Waals surface area contributed by atoms with Gasteiger partial charge in [0, 0.05) is 45.8 Å². The van der Waals surface area contributed by atoms with Crippen LogP contribution >= 0.6 is 0 Å². The molecule has 0 aliphatic carbocycles. The first-order chi connectivity index (χ1) is 12.8. The number of fused-ring (bicyclic) bond motifs is 2. The molecule has 0 amide bonds. The van der Waals surface area contributed by atoms with Crippen LogP contribution in [0.5, 0.6) is 0 Å². The van der Waals surface area contributed by atoms with E-state index in [-0.39, 0.29) is 108 Å². The second-order valence-corrected chi connectivity index (χ2v) is 5.99. The summed E-state index contributed by atoms with van der Waals surface area (Å²) in [4.78, 5) is 47.9. The Morgan fingerprint density at radius 2 is 1.33 bits per heavy atom.